The van der Waals surface area contributed by atoms with Gasteiger partial charge >= 0.3 is 6.16 Å². The van der Waals surface area contributed by atoms with Gasteiger partial charge in [0.25, 0.3) is 11.8 Å². The van der Waals surface area contributed by atoms with Gasteiger partial charge in [0.1, 0.15) is 33.5 Å². The fourth-order valence-corrected chi connectivity index (χ4v) is 4.42. The Morgan fingerprint density at radius 2 is 1.50 bits per heavy atom. The molecule has 3 aromatic heterocycles. The molecule has 0 bridgehead atoms. The summed E-state index contributed by atoms with van der Waals surface area (Å²) in [6, 6.07) is 13.0. The Bertz CT molecular complexity index is 1520. The van der Waals surface area contributed by atoms with Gasteiger partial charge in [0.2, 0.25) is 5.91 Å². The fraction of sp³-hybridized carbons (Fsp3) is 0.286. The molecule has 246 valence electrons. The van der Waals surface area contributed by atoms with Crippen molar-refractivity contribution in [2.24, 2.45) is 0 Å². The number of nitrogens with zero attached hydrogens (tertiary/aromatic N) is 8. The van der Waals surface area contributed by atoms with E-state index in [1.165, 1.54) is 26.3 Å². The fourth-order valence-electron chi connectivity index (χ4n) is 2.82. The number of aromatic nitrogens is 7. The highest BCUT2D eigenvalue weighted by atomic mass is 127. The maximum absolute atomic E-state index is 10.8. The first-order valence-electron chi connectivity index (χ1n) is 13.1. The molecule has 4 heterocycles. The highest BCUT2D eigenvalue weighted by Gasteiger charge is 2.17. The van der Waals surface area contributed by atoms with Crippen LogP contribution < -0.4 is 10.2 Å². The number of fused-ring (bicyclic) bond motifs is 1. The number of ether oxygens (including phenoxy) is 1. The van der Waals surface area contributed by atoms with Gasteiger partial charge < -0.3 is 10.1 Å². The number of nitrogens with one attached hydrogen (secondary N) is 1. The lowest BCUT2D eigenvalue weighted by Gasteiger charge is -2.01. The first kappa shape index (κ1) is 39.9. The molecule has 4 aromatic rings. The summed E-state index contributed by atoms with van der Waals surface area (Å²) < 4.78 is 4.87. The SMILES string of the molecule is CN1C(=O)C=CC1=O.CNC(=O)CI.COC(=O)On1nnc2ccccc21.CSSc1ccccn1.Cc1nc(C)nc(C)n1. The molecule has 0 spiro atoms. The number of alkyl halides is 1. The van der Waals surface area contributed by atoms with E-state index in [4.69, 9.17) is 4.84 Å². The van der Waals surface area contributed by atoms with Crippen LogP contribution in [0.4, 0.5) is 4.79 Å². The molecule has 1 aliphatic rings. The lowest BCUT2D eigenvalue weighted by Crippen LogP contribution is -2.24. The van der Waals surface area contributed by atoms with Crippen LogP contribution in [-0.4, -0.2) is 95.8 Å². The summed E-state index contributed by atoms with van der Waals surface area (Å²) in [7, 11) is 7.69. The van der Waals surface area contributed by atoms with E-state index < -0.39 is 6.16 Å². The van der Waals surface area contributed by atoms with Crippen LogP contribution >= 0.6 is 44.2 Å². The van der Waals surface area contributed by atoms with Crippen molar-refractivity contribution in [3.05, 3.63) is 78.3 Å². The summed E-state index contributed by atoms with van der Waals surface area (Å²) in [5.74, 6) is 1.97. The summed E-state index contributed by atoms with van der Waals surface area (Å²) >= 11 is 2.00. The van der Waals surface area contributed by atoms with Gasteiger partial charge in [0, 0.05) is 32.4 Å². The summed E-state index contributed by atoms with van der Waals surface area (Å²) in [4.78, 5) is 64.6. The Labute approximate surface area is 287 Å². The van der Waals surface area contributed by atoms with Crippen LogP contribution in [0, 0.1) is 20.8 Å². The van der Waals surface area contributed by atoms with E-state index in [2.05, 4.69) is 40.3 Å². The van der Waals surface area contributed by atoms with E-state index in [9.17, 15) is 19.2 Å². The quantitative estimate of drug-likeness (QED) is 0.0791. The lowest BCUT2D eigenvalue weighted by atomic mass is 10.3. The highest BCUT2D eigenvalue weighted by Crippen LogP contribution is 2.25. The molecule has 0 fully saturated rings. The number of likely N-dealkylation sites (N-methyl/N-ethyl adjacent to an activating group) is 1. The number of pyridine rings is 1. The first-order valence-corrected chi connectivity index (χ1v) is 17.1. The van der Waals surface area contributed by atoms with Gasteiger partial charge in [-0.3, -0.25) is 24.1 Å². The molecule has 46 heavy (non-hydrogen) atoms. The first-order chi connectivity index (χ1) is 21.9. The van der Waals surface area contributed by atoms with Gasteiger partial charge in [-0.05, 0) is 67.3 Å². The number of amides is 3. The van der Waals surface area contributed by atoms with Crippen LogP contribution in [0.15, 0.2) is 65.8 Å². The molecule has 3 amide bonds. The molecule has 15 nitrogen and oxygen atoms in total. The Morgan fingerprint density at radius 3 is 1.91 bits per heavy atom. The molecule has 0 unspecified atom stereocenters. The molecule has 0 atom stereocenters. The predicted octanol–water partition coefficient (Wildman–Crippen LogP) is 3.58. The number of methoxy groups -OCH3 is 1. The van der Waals surface area contributed by atoms with E-state index in [0.717, 1.165) is 32.2 Å². The third kappa shape index (κ3) is 15.7. The monoisotopic (exact) mass is 783 g/mol. The number of carbonyl (C=O) groups excluding carboxylic acids is 4. The van der Waals surface area contributed by atoms with Crippen LogP contribution in [0.2, 0.25) is 0 Å². The number of hydrogen-bond acceptors (Lipinski definition) is 14. The highest BCUT2D eigenvalue weighted by molar-refractivity contribution is 14.1. The minimum Gasteiger partial charge on any atom is -0.436 e. The number of rotatable bonds is 4. The molecule has 0 aliphatic carbocycles. The number of benzene rings is 1. The van der Waals surface area contributed by atoms with Crippen molar-refractivity contribution in [2.45, 2.75) is 25.8 Å². The summed E-state index contributed by atoms with van der Waals surface area (Å²) in [5.41, 5.74) is 1.26. The van der Waals surface area contributed by atoms with E-state index in [1.807, 2.05) is 73.9 Å². The van der Waals surface area contributed by atoms with Crippen LogP contribution in [0.25, 0.3) is 11.0 Å². The van der Waals surface area contributed by atoms with Crippen molar-refractivity contribution < 1.29 is 28.8 Å². The van der Waals surface area contributed by atoms with Crippen LogP contribution in [0.3, 0.4) is 0 Å². The number of carbonyl (C=O) groups is 4. The van der Waals surface area contributed by atoms with Gasteiger partial charge in [-0.1, -0.05) is 56.4 Å². The topological polar surface area (TPSA) is 184 Å². The predicted molar refractivity (Wildman–Crippen MR) is 184 cm³/mol. The second kappa shape index (κ2) is 22.4. The maximum atomic E-state index is 10.8. The van der Waals surface area contributed by atoms with Crippen LogP contribution in [0.5, 0.6) is 0 Å². The average Bonchev–Trinajstić information content (AvgIpc) is 3.59. The van der Waals surface area contributed by atoms with Crippen molar-refractivity contribution in [3.8, 4) is 0 Å². The number of para-hydroxylation sites is 1. The zero-order valence-electron chi connectivity index (χ0n) is 26.2. The van der Waals surface area contributed by atoms with Gasteiger partial charge in [0.15, 0.2) is 0 Å². The van der Waals surface area contributed by atoms with Crippen molar-refractivity contribution in [1.82, 2.24) is 45.3 Å². The van der Waals surface area contributed by atoms with Crippen LogP contribution in [-0.2, 0) is 19.1 Å². The number of imide groups is 1. The lowest BCUT2D eigenvalue weighted by molar-refractivity contribution is -0.135. The van der Waals surface area contributed by atoms with Gasteiger partial charge in [-0.2, -0.15) is 0 Å². The third-order valence-electron chi connectivity index (χ3n) is 4.86. The van der Waals surface area contributed by atoms with E-state index in [-0.39, 0.29) is 17.7 Å². The Morgan fingerprint density at radius 1 is 0.935 bits per heavy atom. The molecule has 18 heteroatoms. The molecule has 0 radical (unpaired) electrons. The summed E-state index contributed by atoms with van der Waals surface area (Å²) in [6.45, 7) is 5.59. The van der Waals surface area contributed by atoms with Crippen molar-refractivity contribution in [3.63, 3.8) is 0 Å². The minimum absolute atomic E-state index is 0.0793. The zero-order valence-corrected chi connectivity index (χ0v) is 30.0. The Kier molecular flexibility index (Phi) is 19.4. The molecule has 1 aromatic carbocycles. The number of hydrogen-bond donors (Lipinski definition) is 1. The molecule has 0 saturated heterocycles. The second-order valence-electron chi connectivity index (χ2n) is 8.27. The zero-order chi connectivity index (χ0) is 34.5. The number of halogens is 1. The van der Waals surface area contributed by atoms with E-state index >= 15 is 0 Å². The standard InChI is InChI=1S/C8H7N3O3.C6H9N3.C6H7NS2.C5H5NO2.C3H6INO/c1-13-8(12)14-11-7-5-3-2-4-6(7)9-10-11;1-4-7-5(2)9-6(3)8-4;1-8-9-6-4-2-3-5-7-6;1-6-4(7)2-3-5(6)8;1-5-3(6)2-4/h2-5H,1H3;1-3H3;2-5H,1H3;2-3H,1H3;2H2,1H3,(H,5,6). The van der Waals surface area contributed by atoms with E-state index in [0.29, 0.717) is 15.5 Å². The van der Waals surface area contributed by atoms with Crippen molar-refractivity contribution in [2.75, 3.05) is 31.9 Å². The number of aryl methyl sites for hydroxylation is 3. The summed E-state index contributed by atoms with van der Waals surface area (Å²) in [6.07, 6.45) is 5.52. The molecule has 5 rings (SSSR count). The Hall–Kier alpha value is -4.17. The molecular formula is C28H34IN9O6S2. The molecule has 1 N–H and O–H groups in total. The average molecular weight is 784 g/mol. The maximum Gasteiger partial charge on any atom is 0.534 e. The van der Waals surface area contributed by atoms with Gasteiger partial charge in [0.05, 0.1) is 11.5 Å². The largest absolute Gasteiger partial charge is 0.534 e. The molecule has 1 aliphatic heterocycles. The second-order valence-corrected chi connectivity index (χ2v) is 11.4. The van der Waals surface area contributed by atoms with Crippen molar-refractivity contribution in [1.29, 1.82) is 0 Å². The Balaban J connectivity index is 0.000000297. The molecular weight excluding hydrogens is 749 g/mol. The van der Waals surface area contributed by atoms with Gasteiger partial charge in [-0.15, -0.1) is 5.10 Å². The summed E-state index contributed by atoms with van der Waals surface area (Å²) in [5, 5.41) is 11.0. The van der Waals surface area contributed by atoms with Gasteiger partial charge in [-0.25, -0.2) is 24.7 Å². The minimum atomic E-state index is -0.833. The van der Waals surface area contributed by atoms with E-state index in [1.54, 1.807) is 53.0 Å². The van der Waals surface area contributed by atoms with Crippen molar-refractivity contribution >= 4 is 79.1 Å². The third-order valence-corrected chi connectivity index (χ3v) is 7.14. The normalized spacial score (nSPS) is 11.0. The smallest absolute Gasteiger partial charge is 0.436 e. The molecule has 0 saturated carbocycles. The van der Waals surface area contributed by atoms with Crippen LogP contribution in [0.1, 0.15) is 17.5 Å².